The molecule has 10 heteroatoms. The van der Waals surface area contributed by atoms with Crippen LogP contribution in [0, 0.1) is 5.92 Å². The Labute approximate surface area is 146 Å². The Hall–Kier alpha value is -2.75. The lowest BCUT2D eigenvalue weighted by molar-refractivity contribution is -0.141. The summed E-state index contributed by atoms with van der Waals surface area (Å²) in [7, 11) is 0. The van der Waals surface area contributed by atoms with Gasteiger partial charge in [-0.15, -0.1) is 0 Å². The Balaban J connectivity index is 1.89. The van der Waals surface area contributed by atoms with Gasteiger partial charge in [-0.2, -0.15) is 13.2 Å². The van der Waals surface area contributed by atoms with Gasteiger partial charge in [0, 0.05) is 12.4 Å². The zero-order valence-corrected chi connectivity index (χ0v) is 13.4. The summed E-state index contributed by atoms with van der Waals surface area (Å²) in [5.74, 6) is -1.68. The number of aliphatic hydroxyl groups is 1. The maximum atomic E-state index is 13.2. The zero-order valence-electron chi connectivity index (χ0n) is 13.4. The summed E-state index contributed by atoms with van der Waals surface area (Å²) >= 11 is 0. The van der Waals surface area contributed by atoms with Crippen LogP contribution in [-0.4, -0.2) is 32.1 Å². The van der Waals surface area contributed by atoms with Crippen LogP contribution in [0.4, 0.5) is 19.1 Å². The van der Waals surface area contributed by atoms with Gasteiger partial charge in [0.25, 0.3) is 5.91 Å². The van der Waals surface area contributed by atoms with Crippen molar-refractivity contribution in [2.75, 3.05) is 5.73 Å². The number of rotatable bonds is 4. The topological polar surface area (TPSA) is 114 Å². The highest BCUT2D eigenvalue weighted by atomic mass is 19.4. The van der Waals surface area contributed by atoms with E-state index in [1.54, 1.807) is 18.2 Å². The smallest absolute Gasteiger partial charge is 0.393 e. The van der Waals surface area contributed by atoms with Crippen LogP contribution in [0.5, 0.6) is 0 Å². The molecule has 0 unspecified atom stereocenters. The monoisotopic (exact) mass is 367 g/mol. The van der Waals surface area contributed by atoms with Crippen molar-refractivity contribution in [3.8, 4) is 0 Å². The maximum Gasteiger partial charge on any atom is 0.434 e. The van der Waals surface area contributed by atoms with Crippen LogP contribution in [0.15, 0.2) is 30.6 Å². The second-order valence-corrected chi connectivity index (χ2v) is 6.08. The van der Waals surface area contributed by atoms with Gasteiger partial charge in [-0.3, -0.25) is 9.78 Å². The van der Waals surface area contributed by atoms with Crippen LogP contribution in [0.25, 0.3) is 0 Å². The highest BCUT2D eigenvalue weighted by Crippen LogP contribution is 2.38. The summed E-state index contributed by atoms with van der Waals surface area (Å²) in [6.07, 6.45) is -2.22. The van der Waals surface area contributed by atoms with Crippen molar-refractivity contribution in [3.05, 3.63) is 47.5 Å². The number of nitrogens with one attached hydrogen (secondary N) is 1. The molecule has 3 rings (SSSR count). The SMILES string of the molecule is Nc1ncc(C(=O)N[C@@H](c2ccccn2)C2CC(O)C2)c(C(F)(F)F)n1. The number of hydrogen-bond donors (Lipinski definition) is 3. The van der Waals surface area contributed by atoms with Crippen LogP contribution in [0.3, 0.4) is 0 Å². The normalized spacial score (nSPS) is 20.9. The fourth-order valence-corrected chi connectivity index (χ4v) is 2.89. The molecule has 2 aromatic heterocycles. The number of amides is 1. The molecule has 0 spiro atoms. The van der Waals surface area contributed by atoms with Crippen molar-refractivity contribution in [2.45, 2.75) is 31.2 Å². The number of aliphatic hydroxyl groups excluding tert-OH is 1. The van der Waals surface area contributed by atoms with Crippen LogP contribution >= 0.6 is 0 Å². The molecule has 0 bridgehead atoms. The Kier molecular flexibility index (Phi) is 4.77. The second kappa shape index (κ2) is 6.87. The fourth-order valence-electron chi connectivity index (χ4n) is 2.89. The molecular weight excluding hydrogens is 351 g/mol. The summed E-state index contributed by atoms with van der Waals surface area (Å²) in [4.78, 5) is 23.3. The Morgan fingerprint density at radius 3 is 2.62 bits per heavy atom. The number of anilines is 1. The number of pyridine rings is 1. The van der Waals surface area contributed by atoms with Gasteiger partial charge in [-0.05, 0) is 30.9 Å². The highest BCUT2D eigenvalue weighted by molar-refractivity contribution is 5.95. The summed E-state index contributed by atoms with van der Waals surface area (Å²) in [6.45, 7) is 0. The molecule has 1 saturated carbocycles. The molecule has 4 N–H and O–H groups in total. The van der Waals surface area contributed by atoms with E-state index < -0.39 is 41.4 Å². The van der Waals surface area contributed by atoms with Crippen molar-refractivity contribution in [3.63, 3.8) is 0 Å². The van der Waals surface area contributed by atoms with E-state index in [-0.39, 0.29) is 5.92 Å². The van der Waals surface area contributed by atoms with Gasteiger partial charge in [-0.1, -0.05) is 6.07 Å². The quantitative estimate of drug-likeness (QED) is 0.758. The van der Waals surface area contributed by atoms with Gasteiger partial charge in [0.1, 0.15) is 0 Å². The van der Waals surface area contributed by atoms with E-state index >= 15 is 0 Å². The van der Waals surface area contributed by atoms with Crippen molar-refractivity contribution in [2.24, 2.45) is 5.92 Å². The van der Waals surface area contributed by atoms with Crippen LogP contribution < -0.4 is 11.1 Å². The Morgan fingerprint density at radius 1 is 1.31 bits per heavy atom. The van der Waals surface area contributed by atoms with E-state index in [0.717, 1.165) is 6.20 Å². The fraction of sp³-hybridized carbons (Fsp3) is 0.375. The summed E-state index contributed by atoms with van der Waals surface area (Å²) in [6, 6.07) is 4.43. The molecule has 1 atom stereocenters. The Morgan fingerprint density at radius 2 is 2.04 bits per heavy atom. The van der Waals surface area contributed by atoms with E-state index in [2.05, 4.69) is 20.3 Å². The van der Waals surface area contributed by atoms with Crippen LogP contribution in [0.2, 0.25) is 0 Å². The molecule has 0 aromatic carbocycles. The van der Waals surface area contributed by atoms with Crippen molar-refractivity contribution in [1.29, 1.82) is 0 Å². The molecule has 0 radical (unpaired) electrons. The number of nitrogen functional groups attached to an aromatic ring is 1. The van der Waals surface area contributed by atoms with Gasteiger partial charge in [0.15, 0.2) is 5.69 Å². The number of nitrogens with two attached hydrogens (primary N) is 1. The van der Waals surface area contributed by atoms with Crippen molar-refractivity contribution >= 4 is 11.9 Å². The number of alkyl halides is 3. The van der Waals surface area contributed by atoms with E-state index in [9.17, 15) is 23.1 Å². The zero-order chi connectivity index (χ0) is 18.9. The molecule has 7 nitrogen and oxygen atoms in total. The van der Waals surface area contributed by atoms with E-state index in [0.29, 0.717) is 18.5 Å². The van der Waals surface area contributed by atoms with Crippen molar-refractivity contribution < 1.29 is 23.1 Å². The molecule has 1 fully saturated rings. The first-order valence-corrected chi connectivity index (χ1v) is 7.85. The number of aromatic nitrogens is 3. The number of halogens is 3. The molecule has 0 saturated heterocycles. The minimum atomic E-state index is -4.85. The largest absolute Gasteiger partial charge is 0.434 e. The summed E-state index contributed by atoms with van der Waals surface area (Å²) < 4.78 is 39.5. The highest BCUT2D eigenvalue weighted by Gasteiger charge is 2.40. The van der Waals surface area contributed by atoms with Gasteiger partial charge < -0.3 is 16.2 Å². The molecule has 0 aliphatic heterocycles. The summed E-state index contributed by atoms with van der Waals surface area (Å²) in [5.41, 5.74) is 3.61. The predicted molar refractivity (Wildman–Crippen MR) is 84.6 cm³/mol. The number of hydrogen-bond acceptors (Lipinski definition) is 6. The van der Waals surface area contributed by atoms with E-state index in [4.69, 9.17) is 5.73 Å². The minimum absolute atomic E-state index is 0.132. The molecule has 26 heavy (non-hydrogen) atoms. The van der Waals surface area contributed by atoms with Gasteiger partial charge in [0.2, 0.25) is 5.95 Å². The lowest BCUT2D eigenvalue weighted by Crippen LogP contribution is -2.42. The van der Waals surface area contributed by atoms with E-state index in [1.165, 1.54) is 6.20 Å². The third-order valence-electron chi connectivity index (χ3n) is 4.23. The standard InChI is InChI=1S/C16H16F3N5O2/c17-16(18,19)13-10(7-22-15(20)24-13)14(26)23-12(8-5-9(25)6-8)11-3-1-2-4-21-11/h1-4,7-9,12,25H,5-6H2,(H,23,26)(H2,20,22,24)/t8?,9?,12-/m1/s1. The molecule has 1 aliphatic carbocycles. The average Bonchev–Trinajstić information content (AvgIpc) is 2.57. The number of carbonyl (C=O) groups excluding carboxylic acids is 1. The summed E-state index contributed by atoms with van der Waals surface area (Å²) in [5, 5.41) is 12.1. The molecule has 138 valence electrons. The van der Waals surface area contributed by atoms with E-state index in [1.807, 2.05) is 0 Å². The Bertz CT molecular complexity index is 794. The molecule has 1 amide bonds. The predicted octanol–water partition coefficient (Wildman–Crippen LogP) is 1.71. The lowest BCUT2D eigenvalue weighted by atomic mass is 9.76. The van der Waals surface area contributed by atoms with Gasteiger partial charge >= 0.3 is 6.18 Å². The molecule has 2 aromatic rings. The van der Waals surface area contributed by atoms with Gasteiger partial charge in [0.05, 0.1) is 23.4 Å². The maximum absolute atomic E-state index is 13.2. The van der Waals surface area contributed by atoms with Gasteiger partial charge in [-0.25, -0.2) is 9.97 Å². The van der Waals surface area contributed by atoms with Crippen LogP contribution in [-0.2, 0) is 6.18 Å². The van der Waals surface area contributed by atoms with Crippen molar-refractivity contribution in [1.82, 2.24) is 20.3 Å². The average molecular weight is 367 g/mol. The first-order valence-electron chi connectivity index (χ1n) is 7.85. The number of carbonyl (C=O) groups is 1. The number of nitrogens with zero attached hydrogens (tertiary/aromatic N) is 3. The lowest BCUT2D eigenvalue weighted by Gasteiger charge is -2.37. The second-order valence-electron chi connectivity index (χ2n) is 6.08. The molecule has 2 heterocycles. The van der Waals surface area contributed by atoms with Crippen LogP contribution in [0.1, 0.15) is 40.6 Å². The third-order valence-corrected chi connectivity index (χ3v) is 4.23. The first kappa shape index (κ1) is 18.1. The first-order chi connectivity index (χ1) is 12.3. The molecular formula is C16H16F3N5O2. The molecule has 1 aliphatic rings. The minimum Gasteiger partial charge on any atom is -0.393 e. The third kappa shape index (κ3) is 3.74.